The van der Waals surface area contributed by atoms with Gasteiger partial charge in [-0.3, -0.25) is 9.59 Å². The van der Waals surface area contributed by atoms with E-state index in [9.17, 15) is 19.5 Å². The Labute approximate surface area is 155 Å². The van der Waals surface area contributed by atoms with Gasteiger partial charge in [-0.2, -0.15) is 4.98 Å². The molecular formula is C18H20N4O5. The van der Waals surface area contributed by atoms with Crippen LogP contribution in [0.25, 0.3) is 11.4 Å². The van der Waals surface area contributed by atoms with E-state index in [0.717, 1.165) is 6.20 Å². The molecule has 142 valence electrons. The predicted molar refractivity (Wildman–Crippen MR) is 97.2 cm³/mol. The monoisotopic (exact) mass is 372 g/mol. The quantitative estimate of drug-likeness (QED) is 0.604. The molecule has 0 saturated heterocycles. The second-order valence-electron chi connectivity index (χ2n) is 6.22. The molecule has 2 aromatic rings. The number of carboxylic acids is 1. The molecule has 0 spiro atoms. The summed E-state index contributed by atoms with van der Waals surface area (Å²) in [5, 5.41) is 23.9. The lowest BCUT2D eigenvalue weighted by atomic mass is 10.0. The van der Waals surface area contributed by atoms with Crippen molar-refractivity contribution in [3.63, 3.8) is 0 Å². The normalized spacial score (nSPS) is 11.7. The van der Waals surface area contributed by atoms with Gasteiger partial charge in [0.25, 0.3) is 0 Å². The third-order valence-corrected chi connectivity index (χ3v) is 3.72. The van der Waals surface area contributed by atoms with Gasteiger partial charge in [-0.05, 0) is 30.2 Å². The van der Waals surface area contributed by atoms with Gasteiger partial charge >= 0.3 is 5.97 Å². The summed E-state index contributed by atoms with van der Waals surface area (Å²) in [6.45, 7) is 5.00. The minimum absolute atomic E-state index is 0.0858. The summed E-state index contributed by atoms with van der Waals surface area (Å²) in [6, 6.07) is 5.81. The third-order valence-electron chi connectivity index (χ3n) is 3.72. The molecule has 1 aromatic carbocycles. The minimum Gasteiger partial charge on any atom is -0.493 e. The largest absolute Gasteiger partial charge is 0.493 e. The smallest absolute Gasteiger partial charge is 0.342 e. The summed E-state index contributed by atoms with van der Waals surface area (Å²) >= 11 is 0. The van der Waals surface area contributed by atoms with Gasteiger partial charge in [0.05, 0.1) is 0 Å². The van der Waals surface area contributed by atoms with Crippen molar-refractivity contribution in [1.82, 2.24) is 15.3 Å². The van der Waals surface area contributed by atoms with Crippen molar-refractivity contribution in [2.75, 3.05) is 5.32 Å². The first-order valence-corrected chi connectivity index (χ1v) is 8.16. The first-order chi connectivity index (χ1) is 12.7. The van der Waals surface area contributed by atoms with Crippen molar-refractivity contribution in [1.29, 1.82) is 0 Å². The summed E-state index contributed by atoms with van der Waals surface area (Å²) in [5.74, 6) is -2.52. The minimum atomic E-state index is -1.32. The fourth-order valence-electron chi connectivity index (χ4n) is 2.34. The van der Waals surface area contributed by atoms with Crippen LogP contribution in [0.3, 0.4) is 0 Å². The highest BCUT2D eigenvalue weighted by Gasteiger charge is 2.23. The van der Waals surface area contributed by atoms with E-state index >= 15 is 0 Å². The molecule has 0 aliphatic heterocycles. The third kappa shape index (κ3) is 5.00. The van der Waals surface area contributed by atoms with Crippen molar-refractivity contribution >= 4 is 23.5 Å². The number of hydrogen-bond donors (Lipinski definition) is 4. The number of aromatic nitrogens is 2. The van der Waals surface area contributed by atoms with Gasteiger partial charge in [0.15, 0.2) is 5.82 Å². The number of rotatable bonds is 6. The van der Waals surface area contributed by atoms with Gasteiger partial charge in [-0.25, -0.2) is 9.78 Å². The number of nitrogens with zero attached hydrogens (tertiary/aromatic N) is 2. The molecule has 1 atom stereocenters. The number of benzene rings is 1. The van der Waals surface area contributed by atoms with Crippen molar-refractivity contribution in [2.45, 2.75) is 26.8 Å². The highest BCUT2D eigenvalue weighted by molar-refractivity contribution is 5.97. The number of hydrogen-bond acceptors (Lipinski definition) is 6. The topological polar surface area (TPSA) is 142 Å². The highest BCUT2D eigenvalue weighted by atomic mass is 16.4. The van der Waals surface area contributed by atoms with Crippen LogP contribution in [0.4, 0.5) is 5.69 Å². The molecule has 1 heterocycles. The standard InChI is InChI=1S/C18H20N4O5/c1-9(2)14(20-10(3)23)17(25)21-12-6-4-11(5-7-12)15-19-8-13(18(26)27)16(24)22-15/h4-9,14H,1-3H3,(H,20,23)(H,21,25)(H,26,27)(H,19,22,24)/t14-/m1/s1. The Morgan fingerprint density at radius 1 is 1.11 bits per heavy atom. The Bertz CT molecular complexity index is 865. The van der Waals surface area contributed by atoms with Crippen LogP contribution in [0.2, 0.25) is 0 Å². The molecule has 27 heavy (non-hydrogen) atoms. The van der Waals surface area contributed by atoms with Gasteiger partial charge in [-0.15, -0.1) is 0 Å². The lowest BCUT2D eigenvalue weighted by molar-refractivity contribution is -0.126. The summed E-state index contributed by atoms with van der Waals surface area (Å²) < 4.78 is 0. The Hall–Kier alpha value is -3.49. The molecule has 2 rings (SSSR count). The van der Waals surface area contributed by atoms with E-state index in [1.807, 2.05) is 13.8 Å². The zero-order valence-corrected chi connectivity index (χ0v) is 15.1. The van der Waals surface area contributed by atoms with E-state index in [4.69, 9.17) is 5.11 Å². The average molecular weight is 372 g/mol. The van der Waals surface area contributed by atoms with E-state index in [1.165, 1.54) is 6.92 Å². The first kappa shape index (κ1) is 19.8. The van der Waals surface area contributed by atoms with Crippen LogP contribution in [0.5, 0.6) is 5.88 Å². The Morgan fingerprint density at radius 2 is 1.74 bits per heavy atom. The molecule has 1 aromatic heterocycles. The molecule has 2 amide bonds. The SMILES string of the molecule is CC(=O)N[C@@H](C(=O)Nc1ccc(-c2ncc(C(=O)O)c(O)n2)cc1)C(C)C. The summed E-state index contributed by atoms with van der Waals surface area (Å²) in [5.41, 5.74) is 0.647. The molecule has 9 heteroatoms. The maximum Gasteiger partial charge on any atom is 0.342 e. The van der Waals surface area contributed by atoms with E-state index in [0.29, 0.717) is 11.3 Å². The van der Waals surface area contributed by atoms with Gasteiger partial charge in [0, 0.05) is 24.4 Å². The zero-order valence-electron chi connectivity index (χ0n) is 15.1. The fourth-order valence-corrected chi connectivity index (χ4v) is 2.34. The van der Waals surface area contributed by atoms with Crippen molar-refractivity contribution < 1.29 is 24.6 Å². The Kier molecular flexibility index (Phi) is 6.07. The van der Waals surface area contributed by atoms with Crippen LogP contribution in [-0.4, -0.2) is 44.0 Å². The molecule has 0 bridgehead atoms. The number of amides is 2. The number of carbonyl (C=O) groups excluding carboxylic acids is 2. The predicted octanol–water partition coefficient (Wildman–Crippen LogP) is 1.65. The van der Waals surface area contributed by atoms with Gasteiger partial charge < -0.3 is 20.8 Å². The molecule has 9 nitrogen and oxygen atoms in total. The second kappa shape index (κ2) is 8.26. The molecule has 0 saturated carbocycles. The molecule has 4 N–H and O–H groups in total. The molecule has 0 fully saturated rings. The number of aromatic carboxylic acids is 1. The van der Waals surface area contributed by atoms with E-state index in [-0.39, 0.29) is 29.1 Å². The van der Waals surface area contributed by atoms with Crippen LogP contribution in [0, 0.1) is 5.92 Å². The molecular weight excluding hydrogens is 352 g/mol. The Morgan fingerprint density at radius 3 is 2.22 bits per heavy atom. The molecule has 0 aliphatic carbocycles. The maximum atomic E-state index is 12.4. The lowest BCUT2D eigenvalue weighted by Crippen LogP contribution is -2.46. The first-order valence-electron chi connectivity index (χ1n) is 8.16. The number of carbonyl (C=O) groups is 3. The van der Waals surface area contributed by atoms with Gasteiger partial charge in [0.1, 0.15) is 11.6 Å². The zero-order chi connectivity index (χ0) is 20.1. The Balaban J connectivity index is 2.15. The van der Waals surface area contributed by atoms with E-state index < -0.39 is 17.9 Å². The summed E-state index contributed by atoms with van der Waals surface area (Å²) in [4.78, 5) is 42.2. The lowest BCUT2D eigenvalue weighted by Gasteiger charge is -2.21. The second-order valence-corrected chi connectivity index (χ2v) is 6.22. The molecule has 0 aliphatic rings. The fraction of sp³-hybridized carbons (Fsp3) is 0.278. The molecule has 0 radical (unpaired) electrons. The average Bonchev–Trinajstić information content (AvgIpc) is 2.59. The maximum absolute atomic E-state index is 12.4. The summed E-state index contributed by atoms with van der Waals surface area (Å²) in [7, 11) is 0. The number of anilines is 1. The van der Waals surface area contributed by atoms with Crippen LogP contribution in [0.1, 0.15) is 31.1 Å². The van der Waals surface area contributed by atoms with Crippen molar-refractivity contribution in [2.24, 2.45) is 5.92 Å². The van der Waals surface area contributed by atoms with Crippen molar-refractivity contribution in [3.8, 4) is 17.3 Å². The number of nitrogens with one attached hydrogen (secondary N) is 2. The van der Waals surface area contributed by atoms with E-state index in [2.05, 4.69) is 20.6 Å². The number of carboxylic acid groups (broad SMARTS) is 1. The number of aromatic hydroxyl groups is 1. The van der Waals surface area contributed by atoms with Crippen LogP contribution in [-0.2, 0) is 9.59 Å². The summed E-state index contributed by atoms with van der Waals surface area (Å²) in [6.07, 6.45) is 1.02. The van der Waals surface area contributed by atoms with Crippen LogP contribution >= 0.6 is 0 Å². The van der Waals surface area contributed by atoms with Gasteiger partial charge in [-0.1, -0.05) is 13.8 Å². The molecule has 0 unspecified atom stereocenters. The van der Waals surface area contributed by atoms with Crippen LogP contribution < -0.4 is 10.6 Å². The highest BCUT2D eigenvalue weighted by Crippen LogP contribution is 2.22. The van der Waals surface area contributed by atoms with E-state index in [1.54, 1.807) is 24.3 Å². The van der Waals surface area contributed by atoms with Crippen molar-refractivity contribution in [3.05, 3.63) is 36.0 Å². The van der Waals surface area contributed by atoms with Gasteiger partial charge in [0.2, 0.25) is 17.7 Å². The van der Waals surface area contributed by atoms with Crippen LogP contribution in [0.15, 0.2) is 30.5 Å².